The number of carbonyl (C=O) groups is 1. The Labute approximate surface area is 123 Å². The van der Waals surface area contributed by atoms with Crippen molar-refractivity contribution >= 4 is 12.0 Å². The molecule has 0 saturated heterocycles. The lowest BCUT2D eigenvalue weighted by atomic mass is 9.97. The molecule has 0 saturated carbocycles. The molecule has 0 fully saturated rings. The molecule has 0 aromatic heterocycles. The van der Waals surface area contributed by atoms with Gasteiger partial charge in [-0.15, -0.1) is 0 Å². The van der Waals surface area contributed by atoms with Crippen LogP contribution in [0.2, 0.25) is 0 Å². The van der Waals surface area contributed by atoms with E-state index in [-0.39, 0.29) is 12.0 Å². The highest BCUT2D eigenvalue weighted by atomic mass is 16.2. The van der Waals surface area contributed by atoms with E-state index in [0.717, 1.165) is 16.7 Å². The minimum atomic E-state index is -0.564. The van der Waals surface area contributed by atoms with Gasteiger partial charge in [-0.1, -0.05) is 60.2 Å². The van der Waals surface area contributed by atoms with E-state index in [1.165, 1.54) is 0 Å². The summed E-state index contributed by atoms with van der Waals surface area (Å²) in [6, 6.07) is 16.7. The molecule has 108 valence electrons. The standard InChI is InChI=1S/C16H18N4O/c1-11-6-5-9-13(10-11)14(12-7-3-2-4-8-12)19-16(21)20-15(17)18/h2-10,14H,1H3,(H5,17,18,19,20,21). The lowest BCUT2D eigenvalue weighted by molar-refractivity contribution is 0.247. The Bertz CT molecular complexity index is 648. The Hall–Kier alpha value is -2.82. The third-order valence-electron chi connectivity index (χ3n) is 3.01. The van der Waals surface area contributed by atoms with Gasteiger partial charge in [0.1, 0.15) is 0 Å². The molecule has 0 heterocycles. The summed E-state index contributed by atoms with van der Waals surface area (Å²) in [7, 11) is 0. The average Bonchev–Trinajstić information content (AvgIpc) is 2.45. The van der Waals surface area contributed by atoms with Crippen LogP contribution in [0.3, 0.4) is 0 Å². The zero-order valence-corrected chi connectivity index (χ0v) is 11.8. The van der Waals surface area contributed by atoms with Crippen LogP contribution in [0, 0.1) is 6.92 Å². The largest absolute Gasteiger partial charge is 0.370 e. The molecule has 0 radical (unpaired) electrons. The van der Waals surface area contributed by atoms with Crippen LogP contribution in [0.15, 0.2) is 59.6 Å². The fraction of sp³-hybridized carbons (Fsp3) is 0.125. The third-order valence-corrected chi connectivity index (χ3v) is 3.01. The first kappa shape index (κ1) is 14.6. The van der Waals surface area contributed by atoms with Crippen molar-refractivity contribution in [3.05, 3.63) is 71.3 Å². The molecule has 0 aliphatic carbocycles. The smallest absolute Gasteiger partial charge is 0.344 e. The zero-order chi connectivity index (χ0) is 15.2. The molecule has 0 aliphatic rings. The Kier molecular flexibility index (Phi) is 4.56. The quantitative estimate of drug-likeness (QED) is 0.594. The maximum Gasteiger partial charge on any atom is 0.344 e. The van der Waals surface area contributed by atoms with E-state index in [9.17, 15) is 4.79 Å². The molecule has 0 spiro atoms. The molecule has 2 aromatic rings. The van der Waals surface area contributed by atoms with Gasteiger partial charge >= 0.3 is 6.03 Å². The van der Waals surface area contributed by atoms with Gasteiger partial charge < -0.3 is 16.8 Å². The molecule has 1 unspecified atom stereocenters. The Morgan fingerprint density at radius 1 is 1.05 bits per heavy atom. The van der Waals surface area contributed by atoms with E-state index >= 15 is 0 Å². The number of aryl methyl sites for hydroxylation is 1. The van der Waals surface area contributed by atoms with Crippen molar-refractivity contribution in [2.24, 2.45) is 16.5 Å². The summed E-state index contributed by atoms with van der Waals surface area (Å²) in [6.45, 7) is 2.00. The van der Waals surface area contributed by atoms with Crippen LogP contribution in [0.1, 0.15) is 22.7 Å². The highest BCUT2D eigenvalue weighted by molar-refractivity contribution is 5.90. The number of urea groups is 1. The van der Waals surface area contributed by atoms with Crippen molar-refractivity contribution < 1.29 is 4.79 Å². The number of rotatable bonds is 3. The fourth-order valence-electron chi connectivity index (χ4n) is 2.13. The van der Waals surface area contributed by atoms with E-state index in [1.54, 1.807) is 0 Å². The monoisotopic (exact) mass is 282 g/mol. The number of hydrogen-bond acceptors (Lipinski definition) is 1. The van der Waals surface area contributed by atoms with Gasteiger partial charge in [-0.2, -0.15) is 4.99 Å². The molecule has 5 nitrogen and oxygen atoms in total. The minimum absolute atomic E-state index is 0.261. The topological polar surface area (TPSA) is 93.5 Å². The first-order valence-electron chi connectivity index (χ1n) is 6.58. The van der Waals surface area contributed by atoms with Crippen LogP contribution < -0.4 is 16.8 Å². The molecule has 2 rings (SSSR count). The predicted molar refractivity (Wildman–Crippen MR) is 83.8 cm³/mol. The summed E-state index contributed by atoms with van der Waals surface area (Å²) in [5, 5.41) is 2.82. The summed E-state index contributed by atoms with van der Waals surface area (Å²) in [6.07, 6.45) is 0. The molecule has 0 aliphatic heterocycles. The highest BCUT2D eigenvalue weighted by Crippen LogP contribution is 2.22. The molecule has 2 aromatic carbocycles. The molecule has 0 bridgehead atoms. The predicted octanol–water partition coefficient (Wildman–Crippen LogP) is 2.07. The van der Waals surface area contributed by atoms with Gasteiger partial charge in [0.25, 0.3) is 0 Å². The average molecular weight is 282 g/mol. The molecule has 5 heteroatoms. The van der Waals surface area contributed by atoms with Gasteiger partial charge in [-0.3, -0.25) is 0 Å². The van der Waals surface area contributed by atoms with Crippen molar-refractivity contribution in [3.8, 4) is 0 Å². The van der Waals surface area contributed by atoms with Crippen LogP contribution >= 0.6 is 0 Å². The normalized spacial score (nSPS) is 11.5. The lowest BCUT2D eigenvalue weighted by Gasteiger charge is -2.19. The van der Waals surface area contributed by atoms with Crippen LogP contribution in [0.4, 0.5) is 4.79 Å². The summed E-state index contributed by atoms with van der Waals surface area (Å²) >= 11 is 0. The zero-order valence-electron chi connectivity index (χ0n) is 11.8. The van der Waals surface area contributed by atoms with E-state index in [4.69, 9.17) is 11.5 Å². The van der Waals surface area contributed by atoms with Gasteiger partial charge in [0.15, 0.2) is 5.96 Å². The first-order chi connectivity index (χ1) is 10.1. The molecular formula is C16H18N4O. The number of nitrogens with one attached hydrogen (secondary N) is 1. The van der Waals surface area contributed by atoms with Gasteiger partial charge in [0.05, 0.1) is 6.04 Å². The Balaban J connectivity index is 2.36. The molecule has 2 amide bonds. The second kappa shape index (κ2) is 6.56. The van der Waals surface area contributed by atoms with Crippen LogP contribution in [-0.2, 0) is 0 Å². The van der Waals surface area contributed by atoms with E-state index in [2.05, 4.69) is 10.3 Å². The molecule has 5 N–H and O–H groups in total. The maximum absolute atomic E-state index is 11.8. The number of benzene rings is 2. The van der Waals surface area contributed by atoms with Gasteiger partial charge in [-0.05, 0) is 18.1 Å². The van der Waals surface area contributed by atoms with Gasteiger partial charge in [0, 0.05) is 0 Å². The number of nitrogens with two attached hydrogens (primary N) is 2. The third kappa shape index (κ3) is 4.07. The number of amides is 2. The first-order valence-corrected chi connectivity index (χ1v) is 6.58. The minimum Gasteiger partial charge on any atom is -0.370 e. The van der Waals surface area contributed by atoms with E-state index < -0.39 is 6.03 Å². The Morgan fingerprint density at radius 3 is 2.33 bits per heavy atom. The van der Waals surface area contributed by atoms with E-state index in [1.807, 2.05) is 61.5 Å². The molecular weight excluding hydrogens is 264 g/mol. The van der Waals surface area contributed by atoms with Crippen molar-refractivity contribution in [2.75, 3.05) is 0 Å². The fourth-order valence-corrected chi connectivity index (χ4v) is 2.13. The van der Waals surface area contributed by atoms with E-state index in [0.29, 0.717) is 0 Å². The maximum atomic E-state index is 11.8. The number of guanidine groups is 1. The number of hydrogen-bond donors (Lipinski definition) is 3. The summed E-state index contributed by atoms with van der Waals surface area (Å²) in [5.41, 5.74) is 13.5. The molecule has 21 heavy (non-hydrogen) atoms. The highest BCUT2D eigenvalue weighted by Gasteiger charge is 2.16. The van der Waals surface area contributed by atoms with Crippen molar-refractivity contribution in [1.29, 1.82) is 0 Å². The SMILES string of the molecule is Cc1cccc(C(NC(=O)N=C(N)N)c2ccccc2)c1. The van der Waals surface area contributed by atoms with Crippen LogP contribution in [0.25, 0.3) is 0 Å². The molecule has 1 atom stereocenters. The van der Waals surface area contributed by atoms with Crippen molar-refractivity contribution in [2.45, 2.75) is 13.0 Å². The van der Waals surface area contributed by atoms with Crippen molar-refractivity contribution in [1.82, 2.24) is 5.32 Å². The number of aliphatic imine (C=N–C) groups is 1. The summed E-state index contributed by atoms with van der Waals surface area (Å²) < 4.78 is 0. The number of carbonyl (C=O) groups excluding carboxylic acids is 1. The Morgan fingerprint density at radius 2 is 1.71 bits per heavy atom. The van der Waals surface area contributed by atoms with Crippen LogP contribution in [0.5, 0.6) is 0 Å². The second-order valence-corrected chi connectivity index (χ2v) is 4.74. The van der Waals surface area contributed by atoms with Crippen LogP contribution in [-0.4, -0.2) is 12.0 Å². The number of nitrogens with zero attached hydrogens (tertiary/aromatic N) is 1. The van der Waals surface area contributed by atoms with Gasteiger partial charge in [0.2, 0.25) is 0 Å². The second-order valence-electron chi connectivity index (χ2n) is 4.74. The lowest BCUT2D eigenvalue weighted by Crippen LogP contribution is -2.31. The van der Waals surface area contributed by atoms with Gasteiger partial charge in [-0.25, -0.2) is 4.79 Å². The van der Waals surface area contributed by atoms with Crippen molar-refractivity contribution in [3.63, 3.8) is 0 Å². The summed E-state index contributed by atoms with van der Waals surface area (Å²) in [5.74, 6) is -0.261. The summed E-state index contributed by atoms with van der Waals surface area (Å²) in [4.78, 5) is 15.3.